The van der Waals surface area contributed by atoms with Gasteiger partial charge >= 0.3 is 5.97 Å². The molecule has 17 heavy (non-hydrogen) atoms. The summed E-state index contributed by atoms with van der Waals surface area (Å²) in [7, 11) is 0. The number of ketones is 1. The molecule has 0 aliphatic rings. The van der Waals surface area contributed by atoms with Gasteiger partial charge in [0.25, 0.3) is 0 Å². The molecule has 0 spiro atoms. The molecule has 0 heterocycles. The predicted molar refractivity (Wildman–Crippen MR) is 68.7 cm³/mol. The minimum Gasteiger partial charge on any atom is -0.460 e. The number of rotatable bonds is 4. The molecule has 0 aromatic rings. The van der Waals surface area contributed by atoms with Gasteiger partial charge in [-0.3, -0.25) is 9.59 Å². The van der Waals surface area contributed by atoms with Crippen LogP contribution in [0.25, 0.3) is 0 Å². The minimum absolute atomic E-state index is 0.128. The molecule has 3 nitrogen and oxygen atoms in total. The third-order valence-corrected chi connectivity index (χ3v) is 2.57. The Kier molecular flexibility index (Phi) is 5.37. The van der Waals surface area contributed by atoms with Gasteiger partial charge in [0.15, 0.2) is 0 Å². The van der Waals surface area contributed by atoms with Gasteiger partial charge in [-0.05, 0) is 26.2 Å². The molecule has 0 aromatic carbocycles. The SMILES string of the molecule is CCC(=O)[C@H](CC(=O)OC(C)(C)C)C(C)(C)C. The van der Waals surface area contributed by atoms with E-state index in [2.05, 4.69) is 0 Å². The van der Waals surface area contributed by atoms with Gasteiger partial charge in [-0.2, -0.15) is 0 Å². The molecule has 3 heteroatoms. The van der Waals surface area contributed by atoms with Crippen LogP contribution >= 0.6 is 0 Å². The van der Waals surface area contributed by atoms with Gasteiger partial charge in [0, 0.05) is 12.3 Å². The zero-order chi connectivity index (χ0) is 13.9. The van der Waals surface area contributed by atoms with Gasteiger partial charge in [-0.25, -0.2) is 0 Å². The lowest BCUT2D eigenvalue weighted by Gasteiger charge is -2.30. The van der Waals surface area contributed by atoms with Crippen molar-refractivity contribution in [1.29, 1.82) is 0 Å². The van der Waals surface area contributed by atoms with Crippen molar-refractivity contribution in [3.05, 3.63) is 0 Å². The second kappa shape index (κ2) is 5.65. The lowest BCUT2D eigenvalue weighted by molar-refractivity contribution is -0.158. The van der Waals surface area contributed by atoms with Crippen molar-refractivity contribution >= 4 is 11.8 Å². The zero-order valence-electron chi connectivity index (χ0n) is 12.2. The molecule has 0 radical (unpaired) electrons. The van der Waals surface area contributed by atoms with Crippen molar-refractivity contribution in [2.45, 2.75) is 66.9 Å². The molecule has 0 saturated heterocycles. The summed E-state index contributed by atoms with van der Waals surface area (Å²) in [6.45, 7) is 13.3. The van der Waals surface area contributed by atoms with Crippen LogP contribution in [-0.2, 0) is 14.3 Å². The van der Waals surface area contributed by atoms with E-state index in [1.165, 1.54) is 0 Å². The molecule has 0 saturated carbocycles. The Morgan fingerprint density at radius 3 is 1.82 bits per heavy atom. The summed E-state index contributed by atoms with van der Waals surface area (Å²) in [6.07, 6.45) is 0.637. The molecule has 0 N–H and O–H groups in total. The number of ether oxygens (including phenoxy) is 1. The summed E-state index contributed by atoms with van der Waals surface area (Å²) in [5, 5.41) is 0. The lowest BCUT2D eigenvalue weighted by atomic mass is 9.75. The fourth-order valence-corrected chi connectivity index (χ4v) is 1.70. The number of hydrogen-bond donors (Lipinski definition) is 0. The molecule has 0 fully saturated rings. The first-order chi connectivity index (χ1) is 7.47. The first-order valence-electron chi connectivity index (χ1n) is 6.22. The van der Waals surface area contributed by atoms with Crippen LogP contribution in [0.5, 0.6) is 0 Å². The van der Waals surface area contributed by atoms with Gasteiger partial charge in [-0.15, -0.1) is 0 Å². The summed E-state index contributed by atoms with van der Waals surface area (Å²) >= 11 is 0. The maximum Gasteiger partial charge on any atom is 0.307 e. The normalized spacial score (nSPS) is 14.3. The summed E-state index contributed by atoms with van der Waals surface area (Å²) in [6, 6.07) is 0. The lowest BCUT2D eigenvalue weighted by Crippen LogP contribution is -2.33. The van der Waals surface area contributed by atoms with Gasteiger partial charge in [0.05, 0.1) is 6.42 Å². The monoisotopic (exact) mass is 242 g/mol. The summed E-state index contributed by atoms with van der Waals surface area (Å²) in [4.78, 5) is 23.6. The third-order valence-electron chi connectivity index (χ3n) is 2.57. The van der Waals surface area contributed by atoms with Crippen molar-refractivity contribution in [3.8, 4) is 0 Å². The molecule has 1 atom stereocenters. The smallest absolute Gasteiger partial charge is 0.307 e. The number of Topliss-reactive ketones (excluding diaryl/α,β-unsaturated/α-hetero) is 1. The standard InChI is InChI=1S/C14H26O3/c1-8-11(15)10(13(2,3)4)9-12(16)17-14(5,6)7/h10H,8-9H2,1-7H3/t10-/m0/s1. The van der Waals surface area contributed by atoms with Crippen molar-refractivity contribution in [2.24, 2.45) is 11.3 Å². The van der Waals surface area contributed by atoms with E-state index in [1.54, 1.807) is 0 Å². The van der Waals surface area contributed by atoms with Crippen LogP contribution in [0.3, 0.4) is 0 Å². The molecular weight excluding hydrogens is 216 g/mol. The Labute approximate surface area is 105 Å². The average molecular weight is 242 g/mol. The van der Waals surface area contributed by atoms with E-state index >= 15 is 0 Å². The first kappa shape index (κ1) is 16.1. The van der Waals surface area contributed by atoms with E-state index in [-0.39, 0.29) is 29.5 Å². The van der Waals surface area contributed by atoms with Gasteiger partial charge < -0.3 is 4.74 Å². The highest BCUT2D eigenvalue weighted by atomic mass is 16.6. The molecule has 0 amide bonds. The number of hydrogen-bond acceptors (Lipinski definition) is 3. The third kappa shape index (κ3) is 6.44. The Morgan fingerprint density at radius 2 is 1.53 bits per heavy atom. The molecule has 100 valence electrons. The van der Waals surface area contributed by atoms with Crippen molar-refractivity contribution in [2.75, 3.05) is 0 Å². The molecule has 0 bridgehead atoms. The molecule has 0 unspecified atom stereocenters. The predicted octanol–water partition coefficient (Wildman–Crippen LogP) is 3.36. The second-order valence-electron chi connectivity index (χ2n) is 6.53. The van der Waals surface area contributed by atoms with Crippen LogP contribution in [-0.4, -0.2) is 17.4 Å². The first-order valence-corrected chi connectivity index (χ1v) is 6.22. The van der Waals surface area contributed by atoms with Crippen LogP contribution in [0.15, 0.2) is 0 Å². The largest absolute Gasteiger partial charge is 0.460 e. The van der Waals surface area contributed by atoms with E-state index in [9.17, 15) is 9.59 Å². The highest BCUT2D eigenvalue weighted by Crippen LogP contribution is 2.31. The van der Waals surface area contributed by atoms with Gasteiger partial charge in [0.2, 0.25) is 0 Å². The highest BCUT2D eigenvalue weighted by molar-refractivity contribution is 5.85. The fraction of sp³-hybridized carbons (Fsp3) is 0.857. The van der Waals surface area contributed by atoms with Crippen LogP contribution in [0.1, 0.15) is 61.3 Å². The molecule has 0 aromatic heterocycles. The zero-order valence-corrected chi connectivity index (χ0v) is 12.2. The number of esters is 1. The van der Waals surface area contributed by atoms with E-state index < -0.39 is 5.60 Å². The van der Waals surface area contributed by atoms with E-state index in [0.717, 1.165) is 0 Å². The van der Waals surface area contributed by atoms with Crippen molar-refractivity contribution in [3.63, 3.8) is 0 Å². The Balaban J connectivity index is 4.67. The van der Waals surface area contributed by atoms with Crippen LogP contribution in [0.2, 0.25) is 0 Å². The van der Waals surface area contributed by atoms with Crippen molar-refractivity contribution < 1.29 is 14.3 Å². The topological polar surface area (TPSA) is 43.4 Å². The highest BCUT2D eigenvalue weighted by Gasteiger charge is 2.33. The Morgan fingerprint density at radius 1 is 1.06 bits per heavy atom. The van der Waals surface area contributed by atoms with Gasteiger partial charge in [0.1, 0.15) is 11.4 Å². The van der Waals surface area contributed by atoms with Crippen LogP contribution < -0.4 is 0 Å². The van der Waals surface area contributed by atoms with Crippen LogP contribution in [0, 0.1) is 11.3 Å². The molecular formula is C14H26O3. The Bertz CT molecular complexity index is 279. The van der Waals surface area contributed by atoms with E-state index in [1.807, 2.05) is 48.5 Å². The van der Waals surface area contributed by atoms with Crippen LogP contribution in [0.4, 0.5) is 0 Å². The maximum absolute atomic E-state index is 11.9. The average Bonchev–Trinajstić information content (AvgIpc) is 2.08. The van der Waals surface area contributed by atoms with Gasteiger partial charge in [-0.1, -0.05) is 27.7 Å². The summed E-state index contributed by atoms with van der Waals surface area (Å²) in [5.74, 6) is -0.426. The van der Waals surface area contributed by atoms with E-state index in [4.69, 9.17) is 4.74 Å². The molecule has 0 aliphatic heterocycles. The maximum atomic E-state index is 11.9. The summed E-state index contributed by atoms with van der Waals surface area (Å²) < 4.78 is 5.27. The quantitative estimate of drug-likeness (QED) is 0.710. The molecule has 0 aliphatic carbocycles. The molecule has 0 rings (SSSR count). The summed E-state index contributed by atoms with van der Waals surface area (Å²) in [5.41, 5.74) is -0.696. The van der Waals surface area contributed by atoms with E-state index in [0.29, 0.717) is 6.42 Å². The number of carbonyl (C=O) groups excluding carboxylic acids is 2. The Hall–Kier alpha value is -0.860. The second-order valence-corrected chi connectivity index (χ2v) is 6.53. The number of carbonyl (C=O) groups is 2. The fourth-order valence-electron chi connectivity index (χ4n) is 1.70. The van der Waals surface area contributed by atoms with Crippen molar-refractivity contribution in [1.82, 2.24) is 0 Å². The minimum atomic E-state index is -0.491.